The SMILES string of the molecule is C=C[C@H]1CN2CC[C@H]1C[C@@H]2CNC(=S)Nc1ccc(F)cc1. The van der Waals surface area contributed by atoms with E-state index in [0.29, 0.717) is 17.1 Å². The zero-order valence-corrected chi connectivity index (χ0v) is 13.4. The summed E-state index contributed by atoms with van der Waals surface area (Å²) in [7, 11) is 0. The molecule has 5 heteroatoms. The molecular formula is C17H22FN3S. The number of anilines is 1. The molecule has 3 heterocycles. The predicted octanol–water partition coefficient (Wildman–Crippen LogP) is 3.01. The van der Waals surface area contributed by atoms with E-state index in [0.717, 1.165) is 24.7 Å². The Balaban J connectivity index is 1.47. The van der Waals surface area contributed by atoms with Crippen molar-refractivity contribution in [3.63, 3.8) is 0 Å². The van der Waals surface area contributed by atoms with Gasteiger partial charge in [0.05, 0.1) is 0 Å². The normalized spacial score (nSPS) is 29.9. The maximum Gasteiger partial charge on any atom is 0.170 e. The lowest BCUT2D eigenvalue weighted by molar-refractivity contribution is 0.0215. The molecule has 3 aliphatic rings. The second-order valence-electron chi connectivity index (χ2n) is 6.17. The molecule has 0 spiro atoms. The molecule has 2 N–H and O–H groups in total. The Bertz CT molecular complexity index is 545. The summed E-state index contributed by atoms with van der Waals surface area (Å²) >= 11 is 5.32. The van der Waals surface area contributed by atoms with Crippen LogP contribution in [0.2, 0.25) is 0 Å². The molecule has 0 radical (unpaired) electrons. The van der Waals surface area contributed by atoms with E-state index >= 15 is 0 Å². The molecule has 118 valence electrons. The number of rotatable bonds is 4. The highest BCUT2D eigenvalue weighted by atomic mass is 32.1. The van der Waals surface area contributed by atoms with E-state index < -0.39 is 0 Å². The summed E-state index contributed by atoms with van der Waals surface area (Å²) in [6.45, 7) is 7.11. The Morgan fingerprint density at radius 3 is 2.82 bits per heavy atom. The number of nitrogens with zero attached hydrogens (tertiary/aromatic N) is 1. The molecule has 0 aromatic heterocycles. The first kappa shape index (κ1) is 15.4. The van der Waals surface area contributed by atoms with Gasteiger partial charge in [0.2, 0.25) is 0 Å². The van der Waals surface area contributed by atoms with Crippen LogP contribution in [-0.4, -0.2) is 35.7 Å². The van der Waals surface area contributed by atoms with E-state index in [1.54, 1.807) is 12.1 Å². The topological polar surface area (TPSA) is 27.3 Å². The minimum atomic E-state index is -0.243. The lowest BCUT2D eigenvalue weighted by Gasteiger charge is -2.49. The third-order valence-corrected chi connectivity index (χ3v) is 5.08. The number of benzene rings is 1. The minimum absolute atomic E-state index is 0.243. The van der Waals surface area contributed by atoms with Crippen molar-refractivity contribution in [1.82, 2.24) is 10.2 Å². The van der Waals surface area contributed by atoms with Crippen LogP contribution in [0.5, 0.6) is 0 Å². The van der Waals surface area contributed by atoms with Gasteiger partial charge in [-0.1, -0.05) is 6.08 Å². The van der Waals surface area contributed by atoms with Crippen molar-refractivity contribution >= 4 is 23.0 Å². The van der Waals surface area contributed by atoms with Gasteiger partial charge < -0.3 is 10.6 Å². The number of thiocarbonyl (C=S) groups is 1. The maximum atomic E-state index is 12.9. The number of hydrogen-bond donors (Lipinski definition) is 2. The van der Waals surface area contributed by atoms with Crippen LogP contribution in [0.4, 0.5) is 10.1 Å². The van der Waals surface area contributed by atoms with Gasteiger partial charge in [-0.2, -0.15) is 0 Å². The van der Waals surface area contributed by atoms with Gasteiger partial charge in [-0.3, -0.25) is 4.90 Å². The first-order chi connectivity index (χ1) is 10.7. The first-order valence-electron chi connectivity index (χ1n) is 7.82. The van der Waals surface area contributed by atoms with E-state index in [1.165, 1.54) is 31.5 Å². The molecule has 3 nitrogen and oxygen atoms in total. The number of hydrogen-bond acceptors (Lipinski definition) is 2. The van der Waals surface area contributed by atoms with Crippen molar-refractivity contribution in [2.24, 2.45) is 11.8 Å². The van der Waals surface area contributed by atoms with Gasteiger partial charge in [-0.15, -0.1) is 6.58 Å². The lowest BCUT2D eigenvalue weighted by Crippen LogP contribution is -2.56. The average molecular weight is 319 g/mol. The fourth-order valence-corrected chi connectivity index (χ4v) is 3.78. The van der Waals surface area contributed by atoms with Crippen LogP contribution >= 0.6 is 12.2 Å². The van der Waals surface area contributed by atoms with Gasteiger partial charge in [-0.05, 0) is 67.7 Å². The molecule has 4 atom stereocenters. The van der Waals surface area contributed by atoms with Crippen LogP contribution < -0.4 is 10.6 Å². The van der Waals surface area contributed by atoms with Crippen LogP contribution in [0.1, 0.15) is 12.8 Å². The molecule has 3 fully saturated rings. The molecule has 3 saturated heterocycles. The van der Waals surface area contributed by atoms with Crippen LogP contribution in [0.25, 0.3) is 0 Å². The molecule has 1 aromatic rings. The Morgan fingerprint density at radius 2 is 2.18 bits per heavy atom. The van der Waals surface area contributed by atoms with Gasteiger partial charge in [0, 0.05) is 24.8 Å². The van der Waals surface area contributed by atoms with Gasteiger partial charge in [0.1, 0.15) is 5.82 Å². The largest absolute Gasteiger partial charge is 0.361 e. The molecule has 1 unspecified atom stereocenters. The fourth-order valence-electron chi connectivity index (χ4n) is 3.58. The Kier molecular flexibility index (Phi) is 4.74. The zero-order valence-electron chi connectivity index (χ0n) is 12.6. The van der Waals surface area contributed by atoms with E-state index in [-0.39, 0.29) is 5.82 Å². The third kappa shape index (κ3) is 3.47. The van der Waals surface area contributed by atoms with Crippen LogP contribution in [0, 0.1) is 17.7 Å². The van der Waals surface area contributed by atoms with Crippen LogP contribution in [-0.2, 0) is 0 Å². The van der Waals surface area contributed by atoms with Crippen molar-refractivity contribution in [3.05, 3.63) is 42.7 Å². The molecule has 3 aliphatic heterocycles. The third-order valence-electron chi connectivity index (χ3n) is 4.83. The highest BCUT2D eigenvalue weighted by Gasteiger charge is 2.38. The number of piperidine rings is 3. The molecule has 2 bridgehead atoms. The summed E-state index contributed by atoms with van der Waals surface area (Å²) < 4.78 is 12.9. The number of fused-ring (bicyclic) bond motifs is 3. The average Bonchev–Trinajstić information content (AvgIpc) is 2.55. The minimum Gasteiger partial charge on any atom is -0.361 e. The van der Waals surface area contributed by atoms with Crippen molar-refractivity contribution in [3.8, 4) is 0 Å². The van der Waals surface area contributed by atoms with Gasteiger partial charge in [0.25, 0.3) is 0 Å². The lowest BCUT2D eigenvalue weighted by atomic mass is 9.76. The summed E-state index contributed by atoms with van der Waals surface area (Å²) in [4.78, 5) is 2.54. The summed E-state index contributed by atoms with van der Waals surface area (Å²) in [6, 6.07) is 6.76. The van der Waals surface area contributed by atoms with Crippen molar-refractivity contribution in [2.45, 2.75) is 18.9 Å². The number of halogens is 1. The summed E-state index contributed by atoms with van der Waals surface area (Å²) in [5.41, 5.74) is 0.802. The zero-order chi connectivity index (χ0) is 15.5. The standard InChI is InChI=1S/C17H22FN3S/c1-2-12-11-21-8-7-13(12)9-16(21)10-19-17(22)20-15-5-3-14(18)4-6-15/h2-6,12-13,16H,1,7-11H2,(H2,19,20,22)/t12-,13-,16+/m0/s1. The highest BCUT2D eigenvalue weighted by molar-refractivity contribution is 7.80. The van der Waals surface area contributed by atoms with Gasteiger partial charge >= 0.3 is 0 Å². The maximum absolute atomic E-state index is 12.9. The van der Waals surface area contributed by atoms with E-state index in [9.17, 15) is 4.39 Å². The Labute approximate surface area is 136 Å². The molecule has 1 aromatic carbocycles. The highest BCUT2D eigenvalue weighted by Crippen LogP contribution is 2.36. The number of nitrogens with one attached hydrogen (secondary N) is 2. The smallest absolute Gasteiger partial charge is 0.170 e. The van der Waals surface area contributed by atoms with Crippen molar-refractivity contribution in [2.75, 3.05) is 25.0 Å². The summed E-state index contributed by atoms with van der Waals surface area (Å²) in [6.07, 6.45) is 4.61. The fraction of sp³-hybridized carbons (Fsp3) is 0.471. The first-order valence-corrected chi connectivity index (χ1v) is 8.23. The molecular weight excluding hydrogens is 297 g/mol. The van der Waals surface area contributed by atoms with Gasteiger partial charge in [-0.25, -0.2) is 4.39 Å². The van der Waals surface area contributed by atoms with Gasteiger partial charge in [0.15, 0.2) is 5.11 Å². The van der Waals surface area contributed by atoms with Crippen molar-refractivity contribution in [1.29, 1.82) is 0 Å². The molecule has 22 heavy (non-hydrogen) atoms. The predicted molar refractivity (Wildman–Crippen MR) is 92.4 cm³/mol. The van der Waals surface area contributed by atoms with E-state index in [1.807, 2.05) is 0 Å². The van der Waals surface area contributed by atoms with E-state index in [4.69, 9.17) is 12.2 Å². The van der Waals surface area contributed by atoms with E-state index in [2.05, 4.69) is 28.2 Å². The molecule has 0 amide bonds. The Morgan fingerprint density at radius 1 is 1.41 bits per heavy atom. The summed E-state index contributed by atoms with van der Waals surface area (Å²) in [5.74, 6) is 1.18. The summed E-state index contributed by atoms with van der Waals surface area (Å²) in [5, 5.41) is 6.98. The molecule has 0 saturated carbocycles. The van der Waals surface area contributed by atoms with Crippen LogP contribution in [0.3, 0.4) is 0 Å². The molecule has 0 aliphatic carbocycles. The van der Waals surface area contributed by atoms with Crippen LogP contribution in [0.15, 0.2) is 36.9 Å². The quantitative estimate of drug-likeness (QED) is 0.659. The molecule has 4 rings (SSSR count). The Hall–Kier alpha value is -1.46. The second-order valence-corrected chi connectivity index (χ2v) is 6.58. The van der Waals surface area contributed by atoms with Crippen molar-refractivity contribution < 1.29 is 4.39 Å². The second kappa shape index (κ2) is 6.75. The monoisotopic (exact) mass is 319 g/mol.